The molecule has 2 atom stereocenters. The summed E-state index contributed by atoms with van der Waals surface area (Å²) in [6.07, 6.45) is 0.918. The molecule has 0 rings (SSSR count). The summed E-state index contributed by atoms with van der Waals surface area (Å²) in [5.74, 6) is -0.983. The number of carbonyl (C=O) groups is 1. The number of ether oxygens (including phenoxy) is 1. The van der Waals surface area contributed by atoms with Crippen LogP contribution in [-0.2, 0) is 9.53 Å². The van der Waals surface area contributed by atoms with Gasteiger partial charge >= 0.3 is 5.97 Å². The minimum atomic E-state index is -0.983. The molecule has 0 bridgehead atoms. The van der Waals surface area contributed by atoms with Crippen molar-refractivity contribution in [1.82, 2.24) is 5.32 Å². The first kappa shape index (κ1) is 14.3. The van der Waals surface area contributed by atoms with Crippen molar-refractivity contribution in [2.24, 2.45) is 0 Å². The maximum atomic E-state index is 10.3. The Morgan fingerprint density at radius 1 is 1.53 bits per heavy atom. The van der Waals surface area contributed by atoms with Gasteiger partial charge in [0.05, 0.1) is 19.1 Å². The lowest BCUT2D eigenvalue weighted by atomic mass is 10.1. The van der Waals surface area contributed by atoms with Crippen LogP contribution in [0.5, 0.6) is 0 Å². The van der Waals surface area contributed by atoms with Crippen molar-refractivity contribution in [3.05, 3.63) is 0 Å². The SMILES string of the molecule is CCCC(COC)NCC(O)CC(=O)O. The second kappa shape index (κ2) is 8.64. The Balaban J connectivity index is 3.71. The fourth-order valence-electron chi connectivity index (χ4n) is 1.37. The van der Waals surface area contributed by atoms with E-state index in [1.165, 1.54) is 0 Å². The first-order chi connectivity index (χ1) is 7.10. The van der Waals surface area contributed by atoms with Gasteiger partial charge in [-0.05, 0) is 6.42 Å². The number of hydrogen-bond acceptors (Lipinski definition) is 4. The van der Waals surface area contributed by atoms with Crippen molar-refractivity contribution in [2.45, 2.75) is 38.3 Å². The maximum absolute atomic E-state index is 10.3. The minimum absolute atomic E-state index is 0.184. The van der Waals surface area contributed by atoms with Crippen molar-refractivity contribution < 1.29 is 19.7 Å². The Kier molecular flexibility index (Phi) is 8.27. The molecule has 5 heteroatoms. The highest BCUT2D eigenvalue weighted by molar-refractivity contribution is 5.67. The summed E-state index contributed by atoms with van der Waals surface area (Å²) in [4.78, 5) is 10.3. The maximum Gasteiger partial charge on any atom is 0.306 e. The summed E-state index contributed by atoms with van der Waals surface area (Å²) in [5.41, 5.74) is 0. The molecular weight excluding hydrogens is 198 g/mol. The van der Waals surface area contributed by atoms with E-state index in [9.17, 15) is 9.90 Å². The lowest BCUT2D eigenvalue weighted by Crippen LogP contribution is -2.39. The molecule has 0 aromatic rings. The number of aliphatic hydroxyl groups is 1. The molecule has 0 aliphatic carbocycles. The van der Waals surface area contributed by atoms with E-state index in [4.69, 9.17) is 9.84 Å². The van der Waals surface area contributed by atoms with E-state index < -0.39 is 12.1 Å². The molecule has 0 aliphatic heterocycles. The number of hydrogen-bond donors (Lipinski definition) is 3. The quantitative estimate of drug-likeness (QED) is 0.517. The number of aliphatic hydroxyl groups excluding tert-OH is 1. The van der Waals surface area contributed by atoms with E-state index in [1.54, 1.807) is 7.11 Å². The Morgan fingerprint density at radius 3 is 2.67 bits per heavy atom. The number of carboxylic acid groups (broad SMARTS) is 1. The van der Waals surface area contributed by atoms with Crippen molar-refractivity contribution in [2.75, 3.05) is 20.3 Å². The molecule has 15 heavy (non-hydrogen) atoms. The fraction of sp³-hybridized carbons (Fsp3) is 0.900. The van der Waals surface area contributed by atoms with Gasteiger partial charge in [-0.3, -0.25) is 4.79 Å². The average molecular weight is 219 g/mol. The van der Waals surface area contributed by atoms with Gasteiger partial charge in [-0.15, -0.1) is 0 Å². The summed E-state index contributed by atoms with van der Waals surface area (Å²) in [5, 5.41) is 20.9. The van der Waals surface area contributed by atoms with Gasteiger partial charge in [0, 0.05) is 19.7 Å². The predicted molar refractivity (Wildman–Crippen MR) is 56.8 cm³/mol. The van der Waals surface area contributed by atoms with Gasteiger partial charge in [-0.2, -0.15) is 0 Å². The van der Waals surface area contributed by atoms with Crippen LogP contribution >= 0.6 is 0 Å². The molecule has 0 saturated heterocycles. The Bertz CT molecular complexity index is 169. The molecule has 0 heterocycles. The Hall–Kier alpha value is -0.650. The molecule has 5 nitrogen and oxygen atoms in total. The number of methoxy groups -OCH3 is 1. The van der Waals surface area contributed by atoms with Crippen LogP contribution in [0.2, 0.25) is 0 Å². The van der Waals surface area contributed by atoms with E-state index in [0.717, 1.165) is 12.8 Å². The topological polar surface area (TPSA) is 78.8 Å². The highest BCUT2D eigenvalue weighted by Crippen LogP contribution is 1.98. The second-order valence-electron chi connectivity index (χ2n) is 3.60. The van der Waals surface area contributed by atoms with Crippen LogP contribution in [0.25, 0.3) is 0 Å². The summed E-state index contributed by atoms with van der Waals surface area (Å²) in [6.45, 7) is 2.94. The zero-order chi connectivity index (χ0) is 11.7. The molecule has 0 spiro atoms. The number of aliphatic carboxylic acids is 1. The summed E-state index contributed by atoms with van der Waals surface area (Å²) in [6, 6.07) is 0.184. The highest BCUT2D eigenvalue weighted by Gasteiger charge is 2.12. The molecular formula is C10H21NO4. The summed E-state index contributed by atoms with van der Waals surface area (Å²) >= 11 is 0. The van der Waals surface area contributed by atoms with Crippen LogP contribution < -0.4 is 5.32 Å². The normalized spacial score (nSPS) is 14.9. The van der Waals surface area contributed by atoms with Crippen LogP contribution in [0.1, 0.15) is 26.2 Å². The molecule has 0 saturated carbocycles. The Morgan fingerprint density at radius 2 is 2.20 bits per heavy atom. The lowest BCUT2D eigenvalue weighted by Gasteiger charge is -2.18. The van der Waals surface area contributed by atoms with Crippen molar-refractivity contribution >= 4 is 5.97 Å². The lowest BCUT2D eigenvalue weighted by molar-refractivity contribution is -0.139. The van der Waals surface area contributed by atoms with Gasteiger partial charge in [0.1, 0.15) is 0 Å². The van der Waals surface area contributed by atoms with Crippen molar-refractivity contribution in [3.8, 4) is 0 Å². The average Bonchev–Trinajstić information content (AvgIpc) is 2.14. The summed E-state index contributed by atoms with van der Waals surface area (Å²) < 4.78 is 5.01. The monoisotopic (exact) mass is 219 g/mol. The predicted octanol–water partition coefficient (Wildman–Crippen LogP) is 0.227. The van der Waals surface area contributed by atoms with Gasteiger partial charge in [0.25, 0.3) is 0 Å². The zero-order valence-electron chi connectivity index (χ0n) is 9.40. The van der Waals surface area contributed by atoms with Crippen LogP contribution in [0.15, 0.2) is 0 Å². The van der Waals surface area contributed by atoms with Gasteiger partial charge in [-0.1, -0.05) is 13.3 Å². The Labute approximate surface area is 90.4 Å². The number of rotatable bonds is 9. The molecule has 0 fully saturated rings. The first-order valence-electron chi connectivity index (χ1n) is 5.22. The third-order valence-corrected chi connectivity index (χ3v) is 2.06. The molecule has 90 valence electrons. The number of carboxylic acids is 1. The largest absolute Gasteiger partial charge is 0.481 e. The van der Waals surface area contributed by atoms with Crippen LogP contribution in [0, 0.1) is 0 Å². The van der Waals surface area contributed by atoms with E-state index in [-0.39, 0.29) is 12.5 Å². The fourth-order valence-corrected chi connectivity index (χ4v) is 1.37. The minimum Gasteiger partial charge on any atom is -0.481 e. The van der Waals surface area contributed by atoms with Gasteiger partial charge in [0.15, 0.2) is 0 Å². The van der Waals surface area contributed by atoms with Crippen molar-refractivity contribution in [3.63, 3.8) is 0 Å². The molecule has 0 radical (unpaired) electrons. The van der Waals surface area contributed by atoms with Crippen LogP contribution in [0.4, 0.5) is 0 Å². The van der Waals surface area contributed by atoms with E-state index in [2.05, 4.69) is 12.2 Å². The van der Waals surface area contributed by atoms with E-state index in [0.29, 0.717) is 13.2 Å². The smallest absolute Gasteiger partial charge is 0.306 e. The van der Waals surface area contributed by atoms with Crippen LogP contribution in [0.3, 0.4) is 0 Å². The molecule has 0 aromatic heterocycles. The summed E-state index contributed by atoms with van der Waals surface area (Å²) in [7, 11) is 1.62. The molecule has 0 aromatic carbocycles. The van der Waals surface area contributed by atoms with Crippen LogP contribution in [-0.4, -0.2) is 48.6 Å². The molecule has 0 amide bonds. The molecule has 3 N–H and O–H groups in total. The van der Waals surface area contributed by atoms with E-state index in [1.807, 2.05) is 0 Å². The van der Waals surface area contributed by atoms with Gasteiger partial charge in [-0.25, -0.2) is 0 Å². The third-order valence-electron chi connectivity index (χ3n) is 2.06. The van der Waals surface area contributed by atoms with Gasteiger partial charge < -0.3 is 20.3 Å². The third kappa shape index (κ3) is 8.35. The second-order valence-corrected chi connectivity index (χ2v) is 3.60. The molecule has 0 aliphatic rings. The van der Waals surface area contributed by atoms with Crippen molar-refractivity contribution in [1.29, 1.82) is 0 Å². The molecule has 2 unspecified atom stereocenters. The standard InChI is InChI=1S/C10H21NO4/c1-3-4-8(7-15-2)11-6-9(12)5-10(13)14/h8-9,11-12H,3-7H2,1-2H3,(H,13,14). The first-order valence-corrected chi connectivity index (χ1v) is 5.22. The van der Waals surface area contributed by atoms with Gasteiger partial charge in [0.2, 0.25) is 0 Å². The van der Waals surface area contributed by atoms with E-state index >= 15 is 0 Å². The highest BCUT2D eigenvalue weighted by atomic mass is 16.5. The number of nitrogens with one attached hydrogen (secondary N) is 1. The zero-order valence-corrected chi connectivity index (χ0v) is 9.40.